The first-order chi connectivity index (χ1) is 6.74. The van der Waals surface area contributed by atoms with Gasteiger partial charge in [0, 0.05) is 6.42 Å². The Morgan fingerprint density at radius 2 is 1.86 bits per heavy atom. The van der Waals surface area contributed by atoms with Crippen molar-refractivity contribution in [2.24, 2.45) is 0 Å². The molecule has 0 aliphatic carbocycles. The lowest BCUT2D eigenvalue weighted by molar-refractivity contribution is -0.143. The Labute approximate surface area is 87.4 Å². The molecule has 0 aromatic heterocycles. The Kier molecular flexibility index (Phi) is 8.64. The zero-order chi connectivity index (χ0) is 10.8. The molecule has 0 saturated heterocycles. The van der Waals surface area contributed by atoms with E-state index in [-0.39, 0.29) is 5.97 Å². The minimum Gasteiger partial charge on any atom is -0.466 e. The second-order valence-corrected chi connectivity index (χ2v) is 3.35. The van der Waals surface area contributed by atoms with E-state index in [4.69, 9.17) is 4.74 Å². The molecule has 0 N–H and O–H groups in total. The predicted molar refractivity (Wildman–Crippen MR) is 58.3 cm³/mol. The third-order valence-electron chi connectivity index (χ3n) is 2.22. The van der Waals surface area contributed by atoms with Crippen LogP contribution in [0.5, 0.6) is 0 Å². The largest absolute Gasteiger partial charge is 0.466 e. The van der Waals surface area contributed by atoms with Gasteiger partial charge in [-0.1, -0.05) is 20.8 Å². The molecule has 0 heterocycles. The highest BCUT2D eigenvalue weighted by molar-refractivity contribution is 5.69. The van der Waals surface area contributed by atoms with Crippen LogP contribution >= 0.6 is 0 Å². The number of rotatable bonds is 8. The quantitative estimate of drug-likeness (QED) is 0.563. The third-order valence-corrected chi connectivity index (χ3v) is 2.22. The Balaban J connectivity index is 3.38. The molecular formula is C11H23NO2. The maximum atomic E-state index is 11.1. The van der Waals surface area contributed by atoms with Crippen LogP contribution in [0.15, 0.2) is 0 Å². The SMILES string of the molecule is CCCOC(=O)CCCN(CC)CC. The number of hydrogen-bond donors (Lipinski definition) is 0. The highest BCUT2D eigenvalue weighted by Crippen LogP contribution is 1.97. The minimum atomic E-state index is -0.0565. The number of carbonyl (C=O) groups is 1. The van der Waals surface area contributed by atoms with E-state index >= 15 is 0 Å². The smallest absolute Gasteiger partial charge is 0.305 e. The summed E-state index contributed by atoms with van der Waals surface area (Å²) in [5.74, 6) is -0.0565. The van der Waals surface area contributed by atoms with Gasteiger partial charge in [-0.2, -0.15) is 0 Å². The first kappa shape index (κ1) is 13.4. The van der Waals surface area contributed by atoms with Crippen molar-refractivity contribution in [1.29, 1.82) is 0 Å². The fraction of sp³-hybridized carbons (Fsp3) is 0.909. The molecular weight excluding hydrogens is 178 g/mol. The van der Waals surface area contributed by atoms with Gasteiger partial charge >= 0.3 is 5.97 Å². The Hall–Kier alpha value is -0.570. The third kappa shape index (κ3) is 6.89. The summed E-state index contributed by atoms with van der Waals surface area (Å²) in [6.07, 6.45) is 2.36. The van der Waals surface area contributed by atoms with Gasteiger partial charge in [0.25, 0.3) is 0 Å². The number of hydrogen-bond acceptors (Lipinski definition) is 3. The van der Waals surface area contributed by atoms with Gasteiger partial charge in [-0.3, -0.25) is 4.79 Å². The summed E-state index contributed by atoms with van der Waals surface area (Å²) in [4.78, 5) is 13.4. The lowest BCUT2D eigenvalue weighted by atomic mass is 10.3. The van der Waals surface area contributed by atoms with E-state index in [2.05, 4.69) is 18.7 Å². The van der Waals surface area contributed by atoms with E-state index in [1.54, 1.807) is 0 Å². The van der Waals surface area contributed by atoms with E-state index < -0.39 is 0 Å². The van der Waals surface area contributed by atoms with Crippen molar-refractivity contribution in [3.8, 4) is 0 Å². The zero-order valence-electron chi connectivity index (χ0n) is 9.71. The lowest BCUT2D eigenvalue weighted by Gasteiger charge is -2.17. The van der Waals surface area contributed by atoms with E-state index in [1.165, 1.54) is 0 Å². The van der Waals surface area contributed by atoms with Crippen LogP contribution in [0.3, 0.4) is 0 Å². The molecule has 3 heteroatoms. The van der Waals surface area contributed by atoms with E-state index in [0.29, 0.717) is 13.0 Å². The Morgan fingerprint density at radius 3 is 2.36 bits per heavy atom. The molecule has 3 nitrogen and oxygen atoms in total. The van der Waals surface area contributed by atoms with Gasteiger partial charge in [0.1, 0.15) is 0 Å². The summed E-state index contributed by atoms with van der Waals surface area (Å²) in [6.45, 7) is 9.94. The molecule has 0 atom stereocenters. The first-order valence-corrected chi connectivity index (χ1v) is 5.62. The van der Waals surface area contributed by atoms with Crippen LogP contribution < -0.4 is 0 Å². The molecule has 0 unspecified atom stereocenters. The fourth-order valence-electron chi connectivity index (χ4n) is 1.27. The maximum absolute atomic E-state index is 11.1. The standard InChI is InChI=1S/C11H23NO2/c1-4-10-14-11(13)8-7-9-12(5-2)6-3/h4-10H2,1-3H3. The highest BCUT2D eigenvalue weighted by Gasteiger charge is 2.03. The van der Waals surface area contributed by atoms with Gasteiger partial charge < -0.3 is 9.64 Å². The molecule has 0 aromatic rings. The molecule has 0 aliphatic rings. The second kappa shape index (κ2) is 9.00. The molecule has 0 aromatic carbocycles. The molecule has 0 rings (SSSR count). The van der Waals surface area contributed by atoms with Gasteiger partial charge in [-0.05, 0) is 32.5 Å². The number of carbonyl (C=O) groups excluding carboxylic acids is 1. The van der Waals surface area contributed by atoms with E-state index in [0.717, 1.165) is 32.5 Å². The van der Waals surface area contributed by atoms with Crippen LogP contribution in [-0.4, -0.2) is 37.1 Å². The van der Waals surface area contributed by atoms with Crippen molar-refractivity contribution in [2.75, 3.05) is 26.2 Å². The van der Waals surface area contributed by atoms with Crippen LogP contribution in [0, 0.1) is 0 Å². The first-order valence-electron chi connectivity index (χ1n) is 5.62. The van der Waals surface area contributed by atoms with Crippen molar-refractivity contribution >= 4 is 5.97 Å². The Morgan fingerprint density at radius 1 is 1.21 bits per heavy atom. The van der Waals surface area contributed by atoms with E-state index in [9.17, 15) is 4.79 Å². The van der Waals surface area contributed by atoms with Crippen LogP contribution in [0.1, 0.15) is 40.0 Å². The molecule has 0 amide bonds. The van der Waals surface area contributed by atoms with Gasteiger partial charge in [0.2, 0.25) is 0 Å². The van der Waals surface area contributed by atoms with Crippen molar-refractivity contribution < 1.29 is 9.53 Å². The summed E-state index contributed by atoms with van der Waals surface area (Å²) < 4.78 is 4.98. The summed E-state index contributed by atoms with van der Waals surface area (Å²) in [7, 11) is 0. The van der Waals surface area contributed by atoms with Crippen molar-refractivity contribution in [3.05, 3.63) is 0 Å². The highest BCUT2D eigenvalue weighted by atomic mass is 16.5. The van der Waals surface area contributed by atoms with Crippen molar-refractivity contribution in [1.82, 2.24) is 4.90 Å². The van der Waals surface area contributed by atoms with Gasteiger partial charge in [0.05, 0.1) is 6.61 Å². The normalized spacial score (nSPS) is 10.6. The second-order valence-electron chi connectivity index (χ2n) is 3.35. The minimum absolute atomic E-state index is 0.0565. The molecule has 0 spiro atoms. The molecule has 14 heavy (non-hydrogen) atoms. The number of ether oxygens (including phenoxy) is 1. The fourth-order valence-corrected chi connectivity index (χ4v) is 1.27. The van der Waals surface area contributed by atoms with Gasteiger partial charge in [-0.25, -0.2) is 0 Å². The molecule has 0 saturated carbocycles. The lowest BCUT2D eigenvalue weighted by Crippen LogP contribution is -2.24. The van der Waals surface area contributed by atoms with Crippen LogP contribution in [-0.2, 0) is 9.53 Å². The van der Waals surface area contributed by atoms with Crippen molar-refractivity contribution in [3.63, 3.8) is 0 Å². The van der Waals surface area contributed by atoms with Crippen LogP contribution in [0.25, 0.3) is 0 Å². The van der Waals surface area contributed by atoms with E-state index in [1.807, 2.05) is 6.92 Å². The molecule has 0 aliphatic heterocycles. The van der Waals surface area contributed by atoms with Gasteiger partial charge in [0.15, 0.2) is 0 Å². The summed E-state index contributed by atoms with van der Waals surface area (Å²) in [5, 5.41) is 0. The summed E-state index contributed by atoms with van der Waals surface area (Å²) >= 11 is 0. The summed E-state index contributed by atoms with van der Waals surface area (Å²) in [5.41, 5.74) is 0. The topological polar surface area (TPSA) is 29.5 Å². The monoisotopic (exact) mass is 201 g/mol. The molecule has 0 radical (unpaired) electrons. The molecule has 84 valence electrons. The van der Waals surface area contributed by atoms with Crippen molar-refractivity contribution in [2.45, 2.75) is 40.0 Å². The van der Waals surface area contributed by atoms with Crippen LogP contribution in [0.4, 0.5) is 0 Å². The molecule has 0 bridgehead atoms. The average molecular weight is 201 g/mol. The average Bonchev–Trinajstić information content (AvgIpc) is 2.21. The Bertz CT molecular complexity index is 144. The molecule has 0 fully saturated rings. The predicted octanol–water partition coefficient (Wildman–Crippen LogP) is 2.06. The number of esters is 1. The van der Waals surface area contributed by atoms with Gasteiger partial charge in [-0.15, -0.1) is 0 Å². The van der Waals surface area contributed by atoms with Crippen LogP contribution in [0.2, 0.25) is 0 Å². The maximum Gasteiger partial charge on any atom is 0.305 e. The number of nitrogens with zero attached hydrogens (tertiary/aromatic N) is 1. The zero-order valence-corrected chi connectivity index (χ0v) is 9.71. The summed E-state index contributed by atoms with van der Waals surface area (Å²) in [6, 6.07) is 0.